The number of hydrogen-bond acceptors (Lipinski definition) is 2. The van der Waals surface area contributed by atoms with Crippen LogP contribution in [-0.4, -0.2) is 30.4 Å². The van der Waals surface area contributed by atoms with E-state index in [0.717, 1.165) is 38.8 Å². The van der Waals surface area contributed by atoms with E-state index in [9.17, 15) is 4.79 Å². The SMILES string of the molecule is CCCN(CCC)CC(=O)N[C@@H]1CCc2ccccc21. The summed E-state index contributed by atoms with van der Waals surface area (Å²) in [6.45, 7) is 6.85. The van der Waals surface area contributed by atoms with Crippen LogP contribution >= 0.6 is 0 Å². The molecule has 0 bridgehead atoms. The van der Waals surface area contributed by atoms with Crippen molar-refractivity contribution in [3.63, 3.8) is 0 Å². The van der Waals surface area contributed by atoms with Crippen LogP contribution in [0.3, 0.4) is 0 Å². The van der Waals surface area contributed by atoms with Crippen LogP contribution in [0, 0.1) is 0 Å². The van der Waals surface area contributed by atoms with E-state index in [2.05, 4.69) is 48.3 Å². The first-order valence-electron chi connectivity index (χ1n) is 7.84. The molecule has 3 nitrogen and oxygen atoms in total. The van der Waals surface area contributed by atoms with Crippen LogP contribution in [0.15, 0.2) is 24.3 Å². The minimum atomic E-state index is 0.161. The van der Waals surface area contributed by atoms with E-state index >= 15 is 0 Å². The van der Waals surface area contributed by atoms with Gasteiger partial charge in [-0.05, 0) is 49.9 Å². The predicted octanol–water partition coefficient (Wildman–Crippen LogP) is 2.91. The van der Waals surface area contributed by atoms with Gasteiger partial charge in [-0.3, -0.25) is 9.69 Å². The van der Waals surface area contributed by atoms with Crippen LogP contribution in [0.5, 0.6) is 0 Å². The highest BCUT2D eigenvalue weighted by Gasteiger charge is 2.23. The number of nitrogens with one attached hydrogen (secondary N) is 1. The molecule has 0 fully saturated rings. The fourth-order valence-electron chi connectivity index (χ4n) is 3.05. The van der Waals surface area contributed by atoms with Crippen molar-refractivity contribution in [1.82, 2.24) is 10.2 Å². The lowest BCUT2D eigenvalue weighted by Gasteiger charge is -2.22. The molecule has 1 aliphatic rings. The zero-order valence-corrected chi connectivity index (χ0v) is 12.7. The molecule has 0 aliphatic heterocycles. The first kappa shape index (κ1) is 15.0. The number of hydrogen-bond donors (Lipinski definition) is 1. The summed E-state index contributed by atoms with van der Waals surface area (Å²) in [6, 6.07) is 8.66. The van der Waals surface area contributed by atoms with E-state index in [0.29, 0.717) is 6.54 Å². The van der Waals surface area contributed by atoms with Crippen LogP contribution in [0.2, 0.25) is 0 Å². The molecule has 0 saturated carbocycles. The first-order valence-corrected chi connectivity index (χ1v) is 7.84. The van der Waals surface area contributed by atoms with Gasteiger partial charge in [0.05, 0.1) is 12.6 Å². The van der Waals surface area contributed by atoms with Crippen LogP contribution in [0.1, 0.15) is 50.3 Å². The Balaban J connectivity index is 1.89. The quantitative estimate of drug-likeness (QED) is 0.829. The molecule has 0 saturated heterocycles. The van der Waals surface area contributed by atoms with E-state index in [4.69, 9.17) is 0 Å². The summed E-state index contributed by atoms with van der Waals surface area (Å²) in [4.78, 5) is 14.5. The largest absolute Gasteiger partial charge is 0.348 e. The summed E-state index contributed by atoms with van der Waals surface area (Å²) in [5.74, 6) is 0.161. The number of carbonyl (C=O) groups is 1. The Kier molecular flexibility index (Phi) is 5.60. The highest BCUT2D eigenvalue weighted by atomic mass is 16.2. The molecule has 1 aromatic rings. The van der Waals surface area contributed by atoms with Crippen molar-refractivity contribution in [2.45, 2.75) is 45.6 Å². The molecule has 20 heavy (non-hydrogen) atoms. The highest BCUT2D eigenvalue weighted by molar-refractivity contribution is 5.78. The fourth-order valence-corrected chi connectivity index (χ4v) is 3.05. The van der Waals surface area contributed by atoms with Gasteiger partial charge in [-0.1, -0.05) is 38.1 Å². The predicted molar refractivity (Wildman–Crippen MR) is 82.7 cm³/mol. The second-order valence-electron chi connectivity index (χ2n) is 5.63. The summed E-state index contributed by atoms with van der Waals surface area (Å²) in [5, 5.41) is 3.20. The van der Waals surface area contributed by atoms with Gasteiger partial charge in [0.15, 0.2) is 0 Å². The van der Waals surface area contributed by atoms with Crippen LogP contribution in [0.4, 0.5) is 0 Å². The number of benzene rings is 1. The Morgan fingerprint density at radius 3 is 2.65 bits per heavy atom. The van der Waals surface area contributed by atoms with Gasteiger partial charge in [-0.25, -0.2) is 0 Å². The van der Waals surface area contributed by atoms with Crippen molar-refractivity contribution in [2.75, 3.05) is 19.6 Å². The standard InChI is InChI=1S/C17H26N2O/c1-3-11-19(12-4-2)13-17(20)18-16-10-9-14-7-5-6-8-15(14)16/h5-8,16H,3-4,9-13H2,1-2H3,(H,18,20)/t16-/m1/s1. The summed E-state index contributed by atoms with van der Waals surface area (Å²) >= 11 is 0. The van der Waals surface area contributed by atoms with Crippen molar-refractivity contribution in [2.24, 2.45) is 0 Å². The maximum absolute atomic E-state index is 12.2. The van der Waals surface area contributed by atoms with Crippen molar-refractivity contribution in [1.29, 1.82) is 0 Å². The molecule has 110 valence electrons. The summed E-state index contributed by atoms with van der Waals surface area (Å²) in [7, 11) is 0. The van der Waals surface area contributed by atoms with Gasteiger partial charge in [0.25, 0.3) is 0 Å². The number of nitrogens with zero attached hydrogens (tertiary/aromatic N) is 1. The van der Waals surface area contributed by atoms with Crippen LogP contribution in [0.25, 0.3) is 0 Å². The maximum atomic E-state index is 12.2. The average Bonchev–Trinajstić information content (AvgIpc) is 2.83. The molecule has 0 heterocycles. The van der Waals surface area contributed by atoms with Gasteiger partial charge in [0, 0.05) is 0 Å². The molecule has 1 N–H and O–H groups in total. The lowest BCUT2D eigenvalue weighted by Crippen LogP contribution is -2.39. The number of carbonyl (C=O) groups excluding carboxylic acids is 1. The number of aryl methyl sites for hydroxylation is 1. The second kappa shape index (κ2) is 7.44. The molecule has 0 radical (unpaired) electrons. The molecule has 0 unspecified atom stereocenters. The number of fused-ring (bicyclic) bond motifs is 1. The van der Waals surface area contributed by atoms with E-state index < -0.39 is 0 Å². The lowest BCUT2D eigenvalue weighted by molar-refractivity contribution is -0.123. The van der Waals surface area contributed by atoms with E-state index in [1.54, 1.807) is 0 Å². The van der Waals surface area contributed by atoms with Crippen molar-refractivity contribution in [3.8, 4) is 0 Å². The smallest absolute Gasteiger partial charge is 0.234 e. The second-order valence-corrected chi connectivity index (χ2v) is 5.63. The summed E-state index contributed by atoms with van der Waals surface area (Å²) < 4.78 is 0. The minimum absolute atomic E-state index is 0.161. The Morgan fingerprint density at radius 1 is 1.25 bits per heavy atom. The van der Waals surface area contributed by atoms with Crippen LogP contribution in [-0.2, 0) is 11.2 Å². The Bertz CT molecular complexity index is 438. The fraction of sp³-hybridized carbons (Fsp3) is 0.588. The monoisotopic (exact) mass is 274 g/mol. The van der Waals surface area contributed by atoms with E-state index in [-0.39, 0.29) is 11.9 Å². The molecule has 1 aromatic carbocycles. The van der Waals surface area contributed by atoms with Crippen molar-refractivity contribution < 1.29 is 4.79 Å². The van der Waals surface area contributed by atoms with Crippen LogP contribution < -0.4 is 5.32 Å². The minimum Gasteiger partial charge on any atom is -0.348 e. The Hall–Kier alpha value is -1.35. The molecule has 2 rings (SSSR count). The normalized spacial score (nSPS) is 17.2. The number of amides is 1. The van der Waals surface area contributed by atoms with Gasteiger partial charge in [0.2, 0.25) is 5.91 Å². The Morgan fingerprint density at radius 2 is 1.95 bits per heavy atom. The van der Waals surface area contributed by atoms with Gasteiger partial charge in [-0.2, -0.15) is 0 Å². The first-order chi connectivity index (χ1) is 9.74. The molecule has 1 atom stereocenters. The molecule has 0 aromatic heterocycles. The lowest BCUT2D eigenvalue weighted by atomic mass is 10.1. The third-order valence-corrected chi connectivity index (χ3v) is 3.91. The van der Waals surface area contributed by atoms with Crippen molar-refractivity contribution >= 4 is 5.91 Å². The van der Waals surface area contributed by atoms with E-state index in [1.807, 2.05) is 0 Å². The zero-order valence-electron chi connectivity index (χ0n) is 12.7. The van der Waals surface area contributed by atoms with Gasteiger partial charge in [0.1, 0.15) is 0 Å². The number of rotatable bonds is 7. The third-order valence-electron chi connectivity index (χ3n) is 3.91. The molecular weight excluding hydrogens is 248 g/mol. The molecule has 1 aliphatic carbocycles. The van der Waals surface area contributed by atoms with Crippen molar-refractivity contribution in [3.05, 3.63) is 35.4 Å². The maximum Gasteiger partial charge on any atom is 0.234 e. The van der Waals surface area contributed by atoms with E-state index in [1.165, 1.54) is 11.1 Å². The summed E-state index contributed by atoms with van der Waals surface area (Å²) in [6.07, 6.45) is 4.31. The third kappa shape index (κ3) is 3.83. The highest BCUT2D eigenvalue weighted by Crippen LogP contribution is 2.30. The topological polar surface area (TPSA) is 32.3 Å². The van der Waals surface area contributed by atoms with Gasteiger partial charge in [-0.15, -0.1) is 0 Å². The summed E-state index contributed by atoms with van der Waals surface area (Å²) in [5.41, 5.74) is 2.69. The molecule has 3 heteroatoms. The Labute approximate surface area is 122 Å². The molecule has 1 amide bonds. The molecule has 0 spiro atoms. The van der Waals surface area contributed by atoms with Gasteiger partial charge < -0.3 is 5.32 Å². The average molecular weight is 274 g/mol. The molecular formula is C17H26N2O. The van der Waals surface area contributed by atoms with Gasteiger partial charge >= 0.3 is 0 Å². The zero-order chi connectivity index (χ0) is 14.4.